The van der Waals surface area contributed by atoms with Gasteiger partial charge in [0.1, 0.15) is 0 Å². The van der Waals surface area contributed by atoms with E-state index in [2.05, 4.69) is 9.98 Å². The second-order valence-electron chi connectivity index (χ2n) is 2.64. The minimum atomic E-state index is 0.134. The summed E-state index contributed by atoms with van der Waals surface area (Å²) >= 11 is 0. The summed E-state index contributed by atoms with van der Waals surface area (Å²) in [7, 11) is 0. The highest BCUT2D eigenvalue weighted by atomic mass is 16.1. The number of carbonyl (C=O) groups excluding carboxylic acids is 2. The molecule has 0 amide bonds. The van der Waals surface area contributed by atoms with Crippen molar-refractivity contribution in [1.82, 2.24) is 0 Å². The summed E-state index contributed by atoms with van der Waals surface area (Å²) in [6.07, 6.45) is 10.1. The van der Waals surface area contributed by atoms with Gasteiger partial charge in [0.05, 0.1) is 0 Å². The molecule has 0 aromatic rings. The van der Waals surface area contributed by atoms with Gasteiger partial charge in [-0.3, -0.25) is 19.6 Å². The SMILES string of the molecule is O=C1C=CN=CC1.O=C1C=CN=CC1. The highest BCUT2D eigenvalue weighted by molar-refractivity contribution is 6.01. The van der Waals surface area contributed by atoms with Crippen LogP contribution in [-0.4, -0.2) is 24.0 Å². The Labute approximate surface area is 81.8 Å². The average Bonchev–Trinajstić information content (AvgIpc) is 2.21. The molecular weight excluding hydrogens is 180 g/mol. The van der Waals surface area contributed by atoms with Gasteiger partial charge in [-0.05, 0) is 12.2 Å². The van der Waals surface area contributed by atoms with Crippen LogP contribution in [0.4, 0.5) is 0 Å². The summed E-state index contributed by atoms with van der Waals surface area (Å²) in [6, 6.07) is 0. The summed E-state index contributed by atoms with van der Waals surface area (Å²) in [4.78, 5) is 28.0. The standard InChI is InChI=1S/2C5H5NO/c2*7-5-1-3-6-4-2-5/h2*1,3-4H,2H2. The largest absolute Gasteiger partial charge is 0.294 e. The van der Waals surface area contributed by atoms with Crippen LogP contribution in [-0.2, 0) is 9.59 Å². The van der Waals surface area contributed by atoms with Crippen LogP contribution in [0.1, 0.15) is 12.8 Å². The minimum absolute atomic E-state index is 0.134. The van der Waals surface area contributed by atoms with E-state index in [-0.39, 0.29) is 11.6 Å². The lowest BCUT2D eigenvalue weighted by Gasteiger charge is -1.88. The van der Waals surface area contributed by atoms with Crippen LogP contribution in [0.15, 0.2) is 34.5 Å². The Hall–Kier alpha value is -1.84. The summed E-state index contributed by atoms with van der Waals surface area (Å²) < 4.78 is 0. The zero-order valence-corrected chi connectivity index (χ0v) is 7.59. The molecule has 0 aliphatic carbocycles. The quantitative estimate of drug-likeness (QED) is 0.574. The second-order valence-corrected chi connectivity index (χ2v) is 2.64. The van der Waals surface area contributed by atoms with Gasteiger partial charge in [0.25, 0.3) is 0 Å². The molecule has 72 valence electrons. The fourth-order valence-corrected chi connectivity index (χ4v) is 0.795. The summed E-state index contributed by atoms with van der Waals surface area (Å²) in [5, 5.41) is 0. The van der Waals surface area contributed by atoms with Gasteiger partial charge in [-0.2, -0.15) is 0 Å². The van der Waals surface area contributed by atoms with Gasteiger partial charge in [-0.15, -0.1) is 0 Å². The third kappa shape index (κ3) is 4.25. The monoisotopic (exact) mass is 190 g/mol. The van der Waals surface area contributed by atoms with E-state index in [1.165, 1.54) is 24.6 Å². The van der Waals surface area contributed by atoms with E-state index >= 15 is 0 Å². The molecule has 0 saturated carbocycles. The molecule has 0 saturated heterocycles. The Bertz CT molecular complexity index is 304. The number of hydrogen-bond acceptors (Lipinski definition) is 4. The normalized spacial score (nSPS) is 18.0. The van der Waals surface area contributed by atoms with Gasteiger partial charge in [-0.25, -0.2) is 0 Å². The lowest BCUT2D eigenvalue weighted by molar-refractivity contribution is -0.114. The molecule has 0 aromatic heterocycles. The van der Waals surface area contributed by atoms with Crippen molar-refractivity contribution in [2.75, 3.05) is 0 Å². The molecule has 0 N–H and O–H groups in total. The van der Waals surface area contributed by atoms with Gasteiger partial charge in [0.2, 0.25) is 0 Å². The van der Waals surface area contributed by atoms with Crippen molar-refractivity contribution < 1.29 is 9.59 Å². The predicted octanol–water partition coefficient (Wildman–Crippen LogP) is 1.09. The molecular formula is C10H10N2O2. The molecule has 0 spiro atoms. The molecule has 0 aromatic carbocycles. The van der Waals surface area contributed by atoms with Crippen LogP contribution >= 0.6 is 0 Å². The maximum absolute atomic E-state index is 10.3. The summed E-state index contributed by atoms with van der Waals surface area (Å²) in [5.74, 6) is 0.269. The van der Waals surface area contributed by atoms with Crippen LogP contribution in [0.3, 0.4) is 0 Å². The van der Waals surface area contributed by atoms with Crippen molar-refractivity contribution in [3.05, 3.63) is 24.6 Å². The number of ketones is 2. The van der Waals surface area contributed by atoms with E-state index in [0.29, 0.717) is 12.8 Å². The predicted molar refractivity (Wildman–Crippen MR) is 54.5 cm³/mol. The first-order chi connectivity index (χ1) is 6.79. The van der Waals surface area contributed by atoms with E-state index in [4.69, 9.17) is 0 Å². The molecule has 14 heavy (non-hydrogen) atoms. The van der Waals surface area contributed by atoms with Crippen molar-refractivity contribution in [3.8, 4) is 0 Å². The number of hydrogen-bond donors (Lipinski definition) is 0. The Balaban J connectivity index is 0.000000140. The van der Waals surface area contributed by atoms with E-state index < -0.39 is 0 Å². The van der Waals surface area contributed by atoms with E-state index in [9.17, 15) is 9.59 Å². The Morgan fingerprint density at radius 1 is 0.857 bits per heavy atom. The van der Waals surface area contributed by atoms with Crippen molar-refractivity contribution in [2.45, 2.75) is 12.8 Å². The highest BCUT2D eigenvalue weighted by Gasteiger charge is 1.94. The molecule has 2 aliphatic rings. The lowest BCUT2D eigenvalue weighted by atomic mass is 10.3. The first-order valence-electron chi connectivity index (χ1n) is 4.21. The molecule has 2 aliphatic heterocycles. The van der Waals surface area contributed by atoms with Gasteiger partial charge in [-0.1, -0.05) is 0 Å². The maximum Gasteiger partial charge on any atom is 0.162 e. The average molecular weight is 190 g/mol. The van der Waals surface area contributed by atoms with Crippen molar-refractivity contribution in [2.24, 2.45) is 9.98 Å². The van der Waals surface area contributed by atoms with Crippen LogP contribution in [0.2, 0.25) is 0 Å². The second kappa shape index (κ2) is 5.75. The first-order valence-corrected chi connectivity index (χ1v) is 4.21. The molecule has 0 unspecified atom stereocenters. The van der Waals surface area contributed by atoms with Gasteiger partial charge >= 0.3 is 0 Å². The van der Waals surface area contributed by atoms with Gasteiger partial charge in [0.15, 0.2) is 11.6 Å². The Morgan fingerprint density at radius 3 is 1.43 bits per heavy atom. The topological polar surface area (TPSA) is 58.9 Å². The summed E-state index contributed by atoms with van der Waals surface area (Å²) in [6.45, 7) is 0. The van der Waals surface area contributed by atoms with Crippen molar-refractivity contribution in [1.29, 1.82) is 0 Å². The molecule has 2 heterocycles. The number of carbonyl (C=O) groups is 2. The van der Waals surface area contributed by atoms with Gasteiger partial charge < -0.3 is 0 Å². The van der Waals surface area contributed by atoms with Crippen molar-refractivity contribution >= 4 is 24.0 Å². The lowest BCUT2D eigenvalue weighted by Crippen LogP contribution is -1.95. The minimum Gasteiger partial charge on any atom is -0.294 e. The fraction of sp³-hybridized carbons (Fsp3) is 0.200. The molecule has 4 heteroatoms. The number of allylic oxidation sites excluding steroid dienone is 2. The van der Waals surface area contributed by atoms with Crippen LogP contribution in [0.5, 0.6) is 0 Å². The molecule has 0 atom stereocenters. The number of nitrogens with zero attached hydrogens (tertiary/aromatic N) is 2. The number of aliphatic imine (C=N–C) groups is 2. The maximum atomic E-state index is 10.3. The van der Waals surface area contributed by atoms with E-state index in [1.807, 2.05) is 0 Å². The molecule has 0 radical (unpaired) electrons. The van der Waals surface area contributed by atoms with Crippen LogP contribution in [0, 0.1) is 0 Å². The van der Waals surface area contributed by atoms with Crippen LogP contribution < -0.4 is 0 Å². The Kier molecular flexibility index (Phi) is 4.20. The molecule has 2 rings (SSSR count). The zero-order chi connectivity index (χ0) is 10.2. The number of rotatable bonds is 0. The van der Waals surface area contributed by atoms with Gasteiger partial charge in [0, 0.05) is 37.7 Å². The zero-order valence-electron chi connectivity index (χ0n) is 7.59. The third-order valence-corrected chi connectivity index (χ3v) is 1.49. The van der Waals surface area contributed by atoms with E-state index in [0.717, 1.165) is 0 Å². The van der Waals surface area contributed by atoms with Crippen LogP contribution in [0.25, 0.3) is 0 Å². The summed E-state index contributed by atoms with van der Waals surface area (Å²) in [5.41, 5.74) is 0. The first kappa shape index (κ1) is 10.2. The fourth-order valence-electron chi connectivity index (χ4n) is 0.795. The molecule has 0 bridgehead atoms. The third-order valence-electron chi connectivity index (χ3n) is 1.49. The highest BCUT2D eigenvalue weighted by Crippen LogP contribution is 1.89. The Morgan fingerprint density at radius 2 is 1.29 bits per heavy atom. The molecule has 0 fully saturated rings. The molecule has 4 nitrogen and oxygen atoms in total. The smallest absolute Gasteiger partial charge is 0.162 e. The van der Waals surface area contributed by atoms with Crippen molar-refractivity contribution in [3.63, 3.8) is 0 Å². The van der Waals surface area contributed by atoms with E-state index in [1.54, 1.807) is 12.4 Å².